The largest absolute Gasteiger partial charge is 0.394 e. The van der Waals surface area contributed by atoms with Crippen molar-refractivity contribution in [3.8, 4) is 12.3 Å². The van der Waals surface area contributed by atoms with Crippen LogP contribution in [0.1, 0.15) is 19.8 Å². The van der Waals surface area contributed by atoms with E-state index >= 15 is 0 Å². The van der Waals surface area contributed by atoms with Gasteiger partial charge in [0.05, 0.1) is 6.61 Å². The molecular weight excluding hydrogens is 142 g/mol. The summed E-state index contributed by atoms with van der Waals surface area (Å²) in [5, 5.41) is 11.1. The smallest absolute Gasteiger partial charge is 0.221 e. The second kappa shape index (κ2) is 5.75. The first-order valence-electron chi connectivity index (χ1n) is 3.54. The maximum atomic E-state index is 10.9. The number of aliphatic hydroxyl groups is 1. The number of rotatable bonds is 4. The van der Waals surface area contributed by atoms with E-state index < -0.39 is 0 Å². The first-order valence-corrected chi connectivity index (χ1v) is 3.54. The maximum Gasteiger partial charge on any atom is 0.221 e. The Labute approximate surface area is 66.8 Å². The first kappa shape index (κ1) is 9.99. The molecule has 1 amide bonds. The van der Waals surface area contributed by atoms with Crippen molar-refractivity contribution in [1.29, 1.82) is 0 Å². The van der Waals surface area contributed by atoms with E-state index in [4.69, 9.17) is 11.5 Å². The van der Waals surface area contributed by atoms with Crippen LogP contribution in [0, 0.1) is 12.3 Å². The molecule has 0 bridgehead atoms. The average molecular weight is 155 g/mol. The quantitative estimate of drug-likeness (QED) is 0.557. The van der Waals surface area contributed by atoms with Crippen LogP contribution < -0.4 is 5.32 Å². The normalized spacial score (nSPS) is 11.7. The fourth-order valence-electron chi connectivity index (χ4n) is 0.578. The molecule has 0 heterocycles. The third kappa shape index (κ3) is 5.43. The standard InChI is InChI=1S/C8H13NO2/c1-3-4-5-8(11)9-7(2)6-10/h1,7,10H,4-6H2,2H3,(H,9,11). The molecule has 0 aromatic heterocycles. The van der Waals surface area contributed by atoms with E-state index in [0.29, 0.717) is 12.8 Å². The number of amides is 1. The van der Waals surface area contributed by atoms with Gasteiger partial charge in [-0.3, -0.25) is 4.79 Å². The summed E-state index contributed by atoms with van der Waals surface area (Å²) >= 11 is 0. The molecule has 3 heteroatoms. The lowest BCUT2D eigenvalue weighted by Crippen LogP contribution is -2.34. The van der Waals surface area contributed by atoms with Gasteiger partial charge in [0.25, 0.3) is 0 Å². The van der Waals surface area contributed by atoms with Crippen LogP contribution in [0.15, 0.2) is 0 Å². The SMILES string of the molecule is C#CCCC(=O)NC(C)CO. The molecule has 62 valence electrons. The summed E-state index contributed by atoms with van der Waals surface area (Å²) in [7, 11) is 0. The number of carbonyl (C=O) groups excluding carboxylic acids is 1. The van der Waals surface area contributed by atoms with E-state index in [1.165, 1.54) is 0 Å². The van der Waals surface area contributed by atoms with Crippen LogP contribution in [-0.2, 0) is 4.79 Å². The number of nitrogens with one attached hydrogen (secondary N) is 1. The minimum absolute atomic E-state index is 0.0399. The molecule has 11 heavy (non-hydrogen) atoms. The molecular formula is C8H13NO2. The van der Waals surface area contributed by atoms with Gasteiger partial charge in [0, 0.05) is 18.9 Å². The van der Waals surface area contributed by atoms with Crippen LogP contribution >= 0.6 is 0 Å². The fraction of sp³-hybridized carbons (Fsp3) is 0.625. The number of hydrogen-bond donors (Lipinski definition) is 2. The predicted octanol–water partition coefficient (Wildman–Crippen LogP) is -0.103. The molecule has 0 aliphatic rings. The Hall–Kier alpha value is -1.01. The van der Waals surface area contributed by atoms with Gasteiger partial charge in [0.1, 0.15) is 0 Å². The van der Waals surface area contributed by atoms with Crippen LogP contribution in [0.3, 0.4) is 0 Å². The van der Waals surface area contributed by atoms with E-state index in [2.05, 4.69) is 11.2 Å². The Morgan fingerprint density at radius 3 is 2.91 bits per heavy atom. The zero-order chi connectivity index (χ0) is 8.69. The van der Waals surface area contributed by atoms with Crippen molar-refractivity contribution >= 4 is 5.91 Å². The monoisotopic (exact) mass is 155 g/mol. The number of carbonyl (C=O) groups is 1. The molecule has 0 fully saturated rings. The fourth-order valence-corrected chi connectivity index (χ4v) is 0.578. The molecule has 0 aliphatic carbocycles. The highest BCUT2D eigenvalue weighted by molar-refractivity contribution is 5.76. The zero-order valence-electron chi connectivity index (χ0n) is 6.63. The Morgan fingerprint density at radius 1 is 1.82 bits per heavy atom. The Bertz CT molecular complexity index is 160. The minimum Gasteiger partial charge on any atom is -0.394 e. The van der Waals surface area contributed by atoms with Crippen molar-refractivity contribution < 1.29 is 9.90 Å². The summed E-state index contributed by atoms with van der Waals surface area (Å²) < 4.78 is 0. The Balaban J connectivity index is 3.45. The minimum atomic E-state index is -0.180. The van der Waals surface area contributed by atoms with Crippen molar-refractivity contribution in [2.24, 2.45) is 0 Å². The van der Waals surface area contributed by atoms with Crippen molar-refractivity contribution in [1.82, 2.24) is 5.32 Å². The van der Waals surface area contributed by atoms with E-state index in [0.717, 1.165) is 0 Å². The summed E-state index contributed by atoms with van der Waals surface area (Å²) in [5.41, 5.74) is 0. The molecule has 2 N–H and O–H groups in total. The second-order valence-electron chi connectivity index (χ2n) is 2.36. The van der Waals surface area contributed by atoms with Gasteiger partial charge in [0.15, 0.2) is 0 Å². The lowest BCUT2D eigenvalue weighted by atomic mass is 10.3. The maximum absolute atomic E-state index is 10.9. The third-order valence-electron chi connectivity index (χ3n) is 1.18. The molecule has 1 unspecified atom stereocenters. The summed E-state index contributed by atoms with van der Waals surface area (Å²) in [6.45, 7) is 1.69. The highest BCUT2D eigenvalue weighted by Crippen LogP contribution is 1.87. The number of aliphatic hydroxyl groups excluding tert-OH is 1. The van der Waals surface area contributed by atoms with Crippen LogP contribution in [-0.4, -0.2) is 23.7 Å². The van der Waals surface area contributed by atoms with Gasteiger partial charge in [-0.15, -0.1) is 12.3 Å². The van der Waals surface area contributed by atoms with Crippen LogP contribution in [0.2, 0.25) is 0 Å². The highest BCUT2D eigenvalue weighted by Gasteiger charge is 2.03. The summed E-state index contributed by atoms with van der Waals surface area (Å²) in [4.78, 5) is 10.9. The van der Waals surface area contributed by atoms with Gasteiger partial charge >= 0.3 is 0 Å². The topological polar surface area (TPSA) is 49.3 Å². The highest BCUT2D eigenvalue weighted by atomic mass is 16.3. The van der Waals surface area contributed by atoms with E-state index in [1.54, 1.807) is 6.92 Å². The molecule has 0 aromatic carbocycles. The molecule has 0 aromatic rings. The second-order valence-corrected chi connectivity index (χ2v) is 2.36. The van der Waals surface area contributed by atoms with Crippen molar-refractivity contribution in [2.45, 2.75) is 25.8 Å². The third-order valence-corrected chi connectivity index (χ3v) is 1.18. The van der Waals surface area contributed by atoms with Crippen molar-refractivity contribution in [3.63, 3.8) is 0 Å². The average Bonchev–Trinajstić information content (AvgIpc) is 2.00. The lowest BCUT2D eigenvalue weighted by Gasteiger charge is -2.08. The molecule has 3 nitrogen and oxygen atoms in total. The molecule has 0 saturated carbocycles. The van der Waals surface area contributed by atoms with E-state index in [-0.39, 0.29) is 18.6 Å². The van der Waals surface area contributed by atoms with Gasteiger partial charge < -0.3 is 10.4 Å². The Kier molecular flexibility index (Phi) is 5.22. The van der Waals surface area contributed by atoms with Gasteiger partial charge in [-0.05, 0) is 6.92 Å². The molecule has 0 aliphatic heterocycles. The zero-order valence-corrected chi connectivity index (χ0v) is 6.63. The van der Waals surface area contributed by atoms with Gasteiger partial charge in [-0.2, -0.15) is 0 Å². The van der Waals surface area contributed by atoms with Gasteiger partial charge in [0.2, 0.25) is 5.91 Å². The van der Waals surface area contributed by atoms with Crippen LogP contribution in [0.25, 0.3) is 0 Å². The van der Waals surface area contributed by atoms with E-state index in [9.17, 15) is 4.79 Å². The van der Waals surface area contributed by atoms with Crippen LogP contribution in [0.4, 0.5) is 0 Å². The van der Waals surface area contributed by atoms with Gasteiger partial charge in [-0.1, -0.05) is 0 Å². The van der Waals surface area contributed by atoms with E-state index in [1.807, 2.05) is 0 Å². The van der Waals surface area contributed by atoms with Gasteiger partial charge in [-0.25, -0.2) is 0 Å². The van der Waals surface area contributed by atoms with Crippen LogP contribution in [0.5, 0.6) is 0 Å². The first-order chi connectivity index (χ1) is 5.20. The van der Waals surface area contributed by atoms with Crippen molar-refractivity contribution in [2.75, 3.05) is 6.61 Å². The molecule has 0 saturated heterocycles. The van der Waals surface area contributed by atoms with Crippen molar-refractivity contribution in [3.05, 3.63) is 0 Å². The predicted molar refractivity (Wildman–Crippen MR) is 42.8 cm³/mol. The Morgan fingerprint density at radius 2 is 2.45 bits per heavy atom. The molecule has 0 spiro atoms. The lowest BCUT2D eigenvalue weighted by molar-refractivity contribution is -0.121. The summed E-state index contributed by atoms with van der Waals surface area (Å²) in [6.07, 6.45) is 5.74. The molecule has 1 atom stereocenters. The molecule has 0 radical (unpaired) electrons. The summed E-state index contributed by atoms with van der Waals surface area (Å²) in [6, 6.07) is -0.180. The number of terminal acetylenes is 1. The summed E-state index contributed by atoms with van der Waals surface area (Å²) in [5.74, 6) is 2.26. The molecule has 0 rings (SSSR count). The number of hydrogen-bond acceptors (Lipinski definition) is 2.